The van der Waals surface area contributed by atoms with Crippen LogP contribution in [-0.2, 0) is 6.42 Å². The van der Waals surface area contributed by atoms with Crippen molar-refractivity contribution >= 4 is 0 Å². The molecule has 0 bridgehead atoms. The maximum atomic E-state index is 5.20. The summed E-state index contributed by atoms with van der Waals surface area (Å²) in [7, 11) is 1.72. The summed E-state index contributed by atoms with van der Waals surface area (Å²) in [5.41, 5.74) is 2.65. The molecule has 0 aliphatic rings. The number of ether oxygens (including phenoxy) is 1. The molecule has 72 valence electrons. The Kier molecular flexibility index (Phi) is 3.81. The average molecular weight is 178 g/mol. The van der Waals surface area contributed by atoms with Gasteiger partial charge in [0.25, 0.3) is 0 Å². The van der Waals surface area contributed by atoms with Crippen LogP contribution in [0.1, 0.15) is 30.9 Å². The lowest BCUT2D eigenvalue weighted by Crippen LogP contribution is -1.90. The van der Waals surface area contributed by atoms with E-state index in [4.69, 9.17) is 4.74 Å². The van der Waals surface area contributed by atoms with Gasteiger partial charge in [-0.2, -0.15) is 0 Å². The van der Waals surface area contributed by atoms with E-state index in [1.165, 1.54) is 30.4 Å². The smallest absolute Gasteiger partial charge is 0.121 e. The van der Waals surface area contributed by atoms with E-state index >= 15 is 0 Å². The Morgan fingerprint density at radius 2 is 2.08 bits per heavy atom. The fraction of sp³-hybridized carbons (Fsp3) is 0.500. The molecule has 0 spiro atoms. The highest BCUT2D eigenvalue weighted by Gasteiger charge is 1.98. The third kappa shape index (κ3) is 2.76. The molecule has 0 heterocycles. The molecule has 1 nitrogen and oxygen atoms in total. The van der Waals surface area contributed by atoms with E-state index in [1.807, 2.05) is 0 Å². The van der Waals surface area contributed by atoms with Crippen molar-refractivity contribution in [3.63, 3.8) is 0 Å². The van der Waals surface area contributed by atoms with Crippen molar-refractivity contribution in [1.29, 1.82) is 0 Å². The van der Waals surface area contributed by atoms with Gasteiger partial charge in [0.15, 0.2) is 0 Å². The molecule has 0 amide bonds. The highest BCUT2D eigenvalue weighted by atomic mass is 16.5. The molecule has 0 atom stereocenters. The molecule has 0 aliphatic heterocycles. The normalized spacial score (nSPS) is 10.1. The number of benzene rings is 1. The number of hydrogen-bond donors (Lipinski definition) is 0. The summed E-state index contributed by atoms with van der Waals surface area (Å²) in [5, 5.41) is 0. The molecule has 1 aromatic rings. The van der Waals surface area contributed by atoms with Crippen molar-refractivity contribution in [3.05, 3.63) is 29.3 Å². The summed E-state index contributed by atoms with van der Waals surface area (Å²) in [4.78, 5) is 0. The van der Waals surface area contributed by atoms with Crippen LogP contribution in [0.2, 0.25) is 0 Å². The highest BCUT2D eigenvalue weighted by Crippen LogP contribution is 2.19. The summed E-state index contributed by atoms with van der Waals surface area (Å²) in [5.74, 6) is 0.986. The van der Waals surface area contributed by atoms with Crippen LogP contribution in [0.4, 0.5) is 0 Å². The maximum absolute atomic E-state index is 5.20. The molecule has 1 rings (SSSR count). The fourth-order valence-corrected chi connectivity index (χ4v) is 1.48. The monoisotopic (exact) mass is 178 g/mol. The van der Waals surface area contributed by atoms with E-state index in [0.717, 1.165) is 5.75 Å². The fourth-order valence-electron chi connectivity index (χ4n) is 1.48. The van der Waals surface area contributed by atoms with Gasteiger partial charge in [0.05, 0.1) is 7.11 Å². The van der Waals surface area contributed by atoms with Gasteiger partial charge in [0, 0.05) is 0 Å². The first kappa shape index (κ1) is 10.1. The van der Waals surface area contributed by atoms with E-state index in [2.05, 4.69) is 32.0 Å². The van der Waals surface area contributed by atoms with Crippen molar-refractivity contribution in [2.75, 3.05) is 7.11 Å². The molecule has 13 heavy (non-hydrogen) atoms. The van der Waals surface area contributed by atoms with Crippen molar-refractivity contribution in [2.24, 2.45) is 0 Å². The van der Waals surface area contributed by atoms with E-state index in [9.17, 15) is 0 Å². The molecule has 0 fully saturated rings. The lowest BCUT2D eigenvalue weighted by molar-refractivity contribution is 0.411. The second-order valence-corrected chi connectivity index (χ2v) is 3.41. The first-order valence-corrected chi connectivity index (χ1v) is 4.91. The van der Waals surface area contributed by atoms with Gasteiger partial charge in [0.2, 0.25) is 0 Å². The second-order valence-electron chi connectivity index (χ2n) is 3.41. The number of unbranched alkanes of at least 4 members (excludes halogenated alkanes) is 1. The molecular weight excluding hydrogens is 160 g/mol. The van der Waals surface area contributed by atoms with E-state index in [-0.39, 0.29) is 0 Å². The van der Waals surface area contributed by atoms with Crippen LogP contribution in [-0.4, -0.2) is 7.11 Å². The highest BCUT2D eigenvalue weighted by molar-refractivity contribution is 5.36. The zero-order valence-electron chi connectivity index (χ0n) is 8.76. The maximum Gasteiger partial charge on any atom is 0.121 e. The van der Waals surface area contributed by atoms with Crippen molar-refractivity contribution in [1.82, 2.24) is 0 Å². The van der Waals surface area contributed by atoms with Gasteiger partial charge >= 0.3 is 0 Å². The van der Waals surface area contributed by atoms with Gasteiger partial charge < -0.3 is 4.74 Å². The number of hydrogen-bond acceptors (Lipinski definition) is 1. The Labute approximate surface area is 80.7 Å². The first-order chi connectivity index (χ1) is 6.27. The van der Waals surface area contributed by atoms with Crippen LogP contribution < -0.4 is 4.74 Å². The largest absolute Gasteiger partial charge is 0.496 e. The van der Waals surface area contributed by atoms with Crippen molar-refractivity contribution < 1.29 is 4.74 Å². The summed E-state index contributed by atoms with van der Waals surface area (Å²) in [6, 6.07) is 6.43. The minimum absolute atomic E-state index is 0.986. The van der Waals surface area contributed by atoms with E-state index < -0.39 is 0 Å². The molecule has 0 aliphatic carbocycles. The van der Waals surface area contributed by atoms with Crippen LogP contribution in [0.15, 0.2) is 18.2 Å². The molecule has 0 unspecified atom stereocenters. The van der Waals surface area contributed by atoms with Crippen LogP contribution in [0, 0.1) is 6.92 Å². The second kappa shape index (κ2) is 4.90. The van der Waals surface area contributed by atoms with Gasteiger partial charge in [-0.05, 0) is 37.0 Å². The Morgan fingerprint density at radius 3 is 2.62 bits per heavy atom. The minimum atomic E-state index is 0.986. The third-order valence-electron chi connectivity index (χ3n) is 2.28. The first-order valence-electron chi connectivity index (χ1n) is 4.91. The summed E-state index contributed by atoms with van der Waals surface area (Å²) >= 11 is 0. The molecule has 0 radical (unpaired) electrons. The zero-order chi connectivity index (χ0) is 9.68. The predicted octanol–water partition coefficient (Wildman–Crippen LogP) is 3.35. The summed E-state index contributed by atoms with van der Waals surface area (Å²) in [6.45, 7) is 4.31. The van der Waals surface area contributed by atoms with Gasteiger partial charge in [-0.15, -0.1) is 0 Å². The van der Waals surface area contributed by atoms with Gasteiger partial charge in [0.1, 0.15) is 5.75 Å². The zero-order valence-corrected chi connectivity index (χ0v) is 8.76. The van der Waals surface area contributed by atoms with Gasteiger partial charge in [-0.25, -0.2) is 0 Å². The standard InChI is InChI=1S/C12H18O/c1-4-5-6-11-7-8-12(13-3)10(2)9-11/h7-9H,4-6H2,1-3H3. The SMILES string of the molecule is CCCCc1ccc(OC)c(C)c1. The molecule has 0 N–H and O–H groups in total. The average Bonchev–Trinajstić information content (AvgIpc) is 2.15. The number of aryl methyl sites for hydroxylation is 2. The lowest BCUT2D eigenvalue weighted by atomic mass is 10.1. The lowest BCUT2D eigenvalue weighted by Gasteiger charge is -2.06. The Hall–Kier alpha value is -0.980. The molecule has 1 aromatic carbocycles. The van der Waals surface area contributed by atoms with Crippen LogP contribution >= 0.6 is 0 Å². The van der Waals surface area contributed by atoms with Gasteiger partial charge in [-0.1, -0.05) is 25.5 Å². The van der Waals surface area contributed by atoms with Gasteiger partial charge in [-0.3, -0.25) is 0 Å². The molecule has 0 saturated carbocycles. The quantitative estimate of drug-likeness (QED) is 0.687. The summed E-state index contributed by atoms with van der Waals surface area (Å²) < 4.78 is 5.20. The van der Waals surface area contributed by atoms with E-state index in [0.29, 0.717) is 0 Å². The van der Waals surface area contributed by atoms with E-state index in [1.54, 1.807) is 7.11 Å². The third-order valence-corrected chi connectivity index (χ3v) is 2.28. The van der Waals surface area contributed by atoms with Crippen LogP contribution in [0.5, 0.6) is 5.75 Å². The Bertz CT molecular complexity index is 266. The topological polar surface area (TPSA) is 9.23 Å². The van der Waals surface area contributed by atoms with Crippen molar-refractivity contribution in [3.8, 4) is 5.75 Å². The summed E-state index contributed by atoms with van der Waals surface area (Å²) in [6.07, 6.45) is 3.71. The predicted molar refractivity (Wildman–Crippen MR) is 56.3 cm³/mol. The van der Waals surface area contributed by atoms with Crippen LogP contribution in [0.25, 0.3) is 0 Å². The molecular formula is C12H18O. The molecule has 0 aromatic heterocycles. The Morgan fingerprint density at radius 1 is 1.31 bits per heavy atom. The van der Waals surface area contributed by atoms with Crippen molar-refractivity contribution in [2.45, 2.75) is 33.1 Å². The number of rotatable bonds is 4. The molecule has 0 saturated heterocycles. The number of methoxy groups -OCH3 is 1. The molecule has 1 heteroatoms. The Balaban J connectivity index is 2.71. The minimum Gasteiger partial charge on any atom is -0.496 e. The van der Waals surface area contributed by atoms with Crippen LogP contribution in [0.3, 0.4) is 0 Å².